The lowest BCUT2D eigenvalue weighted by atomic mass is 9.85. The number of halogens is 2. The number of carbonyl (C=O) groups is 3. The van der Waals surface area contributed by atoms with Crippen LogP contribution in [0, 0.1) is 12.3 Å². The topological polar surface area (TPSA) is 182 Å². The minimum atomic E-state index is -0.945. The first-order valence-electron chi connectivity index (χ1n) is 20.0. The van der Waals surface area contributed by atoms with Crippen molar-refractivity contribution >= 4 is 53.9 Å². The quantitative estimate of drug-likeness (QED) is 0.101. The number of aliphatic hydroxyl groups excluding tert-OH is 1. The van der Waals surface area contributed by atoms with Gasteiger partial charge in [0, 0.05) is 52.2 Å². The van der Waals surface area contributed by atoms with Crippen LogP contribution in [-0.4, -0.2) is 174 Å². The molecule has 3 amide bonds. The number of amides is 3. The fourth-order valence-corrected chi connectivity index (χ4v) is 7.19. The van der Waals surface area contributed by atoms with Gasteiger partial charge in [0.05, 0.1) is 94.9 Å². The van der Waals surface area contributed by atoms with E-state index in [0.717, 1.165) is 61.0 Å². The number of ether oxygens (including phenoxy) is 6. The summed E-state index contributed by atoms with van der Waals surface area (Å²) in [7, 11) is 0. The van der Waals surface area contributed by atoms with Gasteiger partial charge in [0.2, 0.25) is 17.7 Å². The zero-order valence-electron chi connectivity index (χ0n) is 34.9. The minimum Gasteiger partial charge on any atom is -0.391 e. The molecule has 2 aliphatic heterocycles. The van der Waals surface area contributed by atoms with Gasteiger partial charge in [0.25, 0.3) is 0 Å². The van der Waals surface area contributed by atoms with Gasteiger partial charge in [-0.15, -0.1) is 36.2 Å². The Morgan fingerprint density at radius 1 is 0.864 bits per heavy atom. The van der Waals surface area contributed by atoms with Crippen molar-refractivity contribution in [2.24, 2.45) is 5.41 Å². The Balaban J connectivity index is 0.00000600. The summed E-state index contributed by atoms with van der Waals surface area (Å²) in [5, 5.41) is 19.5. The van der Waals surface area contributed by atoms with E-state index in [4.69, 9.17) is 28.4 Å². The molecule has 0 saturated carbocycles. The Kier molecular flexibility index (Phi) is 25.8. The molecule has 0 aliphatic carbocycles. The third-order valence-corrected chi connectivity index (χ3v) is 10.5. The third kappa shape index (κ3) is 19.4. The van der Waals surface area contributed by atoms with E-state index in [9.17, 15) is 19.5 Å². The number of nitrogens with one attached hydrogen (secondary N) is 3. The van der Waals surface area contributed by atoms with E-state index in [0.29, 0.717) is 52.9 Å². The lowest BCUT2D eigenvalue weighted by Crippen LogP contribution is -2.58. The Bertz CT molecular complexity index is 1480. The average Bonchev–Trinajstić information content (AvgIpc) is 3.81. The molecule has 2 aromatic rings. The number of aryl methyl sites for hydroxylation is 1. The van der Waals surface area contributed by atoms with E-state index < -0.39 is 35.4 Å². The first-order chi connectivity index (χ1) is 27.5. The van der Waals surface area contributed by atoms with Crippen LogP contribution in [-0.2, 0) is 49.3 Å². The molecule has 0 radical (unpaired) electrons. The second kappa shape index (κ2) is 28.9. The molecule has 16 nitrogen and oxygen atoms in total. The molecular weight excluding hydrogens is 827 g/mol. The summed E-state index contributed by atoms with van der Waals surface area (Å²) >= 11 is 1.58. The number of hydrogen-bond donors (Lipinski definition) is 4. The molecular formula is C40H66Cl2N6O10S. The minimum absolute atomic E-state index is 0. The van der Waals surface area contributed by atoms with Crippen LogP contribution in [0.1, 0.15) is 38.4 Å². The normalized spacial score (nSPS) is 17.5. The molecule has 0 bridgehead atoms. The summed E-state index contributed by atoms with van der Waals surface area (Å²) in [4.78, 5) is 49.2. The Morgan fingerprint density at radius 2 is 1.41 bits per heavy atom. The van der Waals surface area contributed by atoms with E-state index in [2.05, 4.69) is 25.8 Å². The smallest absolute Gasteiger partial charge is 0.246 e. The first kappa shape index (κ1) is 52.6. The molecule has 0 spiro atoms. The standard InChI is InChI=1S/C40H64N6O10S.2ClH/c1-30-36(57-29-43-30)32-7-5-31(6-8-32)26-42-38(49)34-25-33(47)27-46(34)39(50)37(40(2,3)4)44-35(48)28-56-24-23-55-22-21-54-20-19-53-18-17-52-16-15-51-14-13-45-11-9-41-10-12-45;;/h5-8,29,33-34,37,41,47H,9-28H2,1-4H3,(H,42,49)(H,44,48);2*1H/t33-,34+,37-;;/m1../s1. The predicted octanol–water partition coefficient (Wildman–Crippen LogP) is 2.08. The summed E-state index contributed by atoms with van der Waals surface area (Å²) in [5.74, 6) is -1.26. The highest BCUT2D eigenvalue weighted by Gasteiger charge is 2.44. The molecule has 336 valence electrons. The lowest BCUT2D eigenvalue weighted by molar-refractivity contribution is -0.144. The van der Waals surface area contributed by atoms with Gasteiger partial charge in [-0.05, 0) is 23.5 Å². The largest absolute Gasteiger partial charge is 0.391 e. The predicted molar refractivity (Wildman–Crippen MR) is 230 cm³/mol. The van der Waals surface area contributed by atoms with Crippen molar-refractivity contribution in [3.05, 3.63) is 41.0 Å². The number of thiazole rings is 1. The van der Waals surface area contributed by atoms with E-state index in [-0.39, 0.29) is 70.1 Å². The van der Waals surface area contributed by atoms with Gasteiger partial charge in [-0.2, -0.15) is 0 Å². The molecule has 2 saturated heterocycles. The summed E-state index contributed by atoms with van der Waals surface area (Å²) in [6, 6.07) is 6.06. The Labute approximate surface area is 365 Å². The molecule has 0 unspecified atom stereocenters. The molecule has 4 N–H and O–H groups in total. The van der Waals surface area contributed by atoms with Gasteiger partial charge in [-0.1, -0.05) is 45.0 Å². The number of likely N-dealkylation sites (tertiary alicyclic amines) is 1. The number of aromatic nitrogens is 1. The number of hydrogen-bond acceptors (Lipinski definition) is 14. The fourth-order valence-electron chi connectivity index (χ4n) is 6.38. The van der Waals surface area contributed by atoms with Crippen LogP contribution in [0.15, 0.2) is 29.8 Å². The van der Waals surface area contributed by atoms with Crippen molar-refractivity contribution in [2.45, 2.75) is 58.8 Å². The van der Waals surface area contributed by atoms with Crippen LogP contribution in [0.5, 0.6) is 0 Å². The second-order valence-corrected chi connectivity index (χ2v) is 16.0. The molecule has 4 rings (SSSR count). The Hall–Kier alpha value is -2.52. The number of nitrogens with zero attached hydrogens (tertiary/aromatic N) is 3. The van der Waals surface area contributed by atoms with Crippen molar-refractivity contribution in [3.63, 3.8) is 0 Å². The zero-order chi connectivity index (χ0) is 40.9. The molecule has 2 fully saturated rings. The zero-order valence-corrected chi connectivity index (χ0v) is 37.4. The Morgan fingerprint density at radius 3 is 1.93 bits per heavy atom. The van der Waals surface area contributed by atoms with Crippen LogP contribution in [0.3, 0.4) is 0 Å². The third-order valence-electron chi connectivity index (χ3n) is 9.57. The van der Waals surface area contributed by atoms with Crippen LogP contribution in [0.2, 0.25) is 0 Å². The average molecular weight is 894 g/mol. The van der Waals surface area contributed by atoms with Gasteiger partial charge >= 0.3 is 0 Å². The highest BCUT2D eigenvalue weighted by atomic mass is 35.5. The summed E-state index contributed by atoms with van der Waals surface area (Å²) in [5.41, 5.74) is 4.06. The number of β-amino-alcohol motifs (C(OH)–C–C–N with tert-alkyl or cyclic N) is 1. The molecule has 19 heteroatoms. The number of benzene rings is 1. The van der Waals surface area contributed by atoms with Gasteiger partial charge in [-0.3, -0.25) is 19.3 Å². The van der Waals surface area contributed by atoms with Crippen molar-refractivity contribution in [1.29, 1.82) is 0 Å². The van der Waals surface area contributed by atoms with Gasteiger partial charge < -0.3 is 54.4 Å². The number of piperazine rings is 1. The van der Waals surface area contributed by atoms with Crippen molar-refractivity contribution in [1.82, 2.24) is 30.7 Å². The maximum absolute atomic E-state index is 13.8. The van der Waals surface area contributed by atoms with Gasteiger partial charge in [0.1, 0.15) is 18.7 Å². The molecule has 2 aliphatic rings. The molecule has 3 atom stereocenters. The van der Waals surface area contributed by atoms with Crippen LogP contribution < -0.4 is 16.0 Å². The van der Waals surface area contributed by atoms with E-state index >= 15 is 0 Å². The molecule has 1 aromatic heterocycles. The van der Waals surface area contributed by atoms with Crippen molar-refractivity contribution < 1.29 is 47.9 Å². The highest BCUT2D eigenvalue weighted by Crippen LogP contribution is 2.28. The fraction of sp³-hybridized carbons (Fsp3) is 0.700. The van der Waals surface area contributed by atoms with Crippen molar-refractivity contribution in [2.75, 3.05) is 119 Å². The second-order valence-electron chi connectivity index (χ2n) is 15.2. The number of aliphatic hydroxyl groups is 1. The van der Waals surface area contributed by atoms with E-state index in [1.54, 1.807) is 11.3 Å². The van der Waals surface area contributed by atoms with E-state index in [1.165, 1.54) is 4.90 Å². The van der Waals surface area contributed by atoms with Crippen LogP contribution in [0.25, 0.3) is 10.4 Å². The molecule has 59 heavy (non-hydrogen) atoms. The van der Waals surface area contributed by atoms with Crippen LogP contribution in [0.4, 0.5) is 0 Å². The maximum atomic E-state index is 13.8. The van der Waals surface area contributed by atoms with E-state index in [1.807, 2.05) is 57.5 Å². The lowest BCUT2D eigenvalue weighted by Gasteiger charge is -2.35. The molecule has 1 aromatic carbocycles. The maximum Gasteiger partial charge on any atom is 0.246 e. The number of rotatable bonds is 26. The first-order valence-corrected chi connectivity index (χ1v) is 20.9. The number of carbonyl (C=O) groups excluding carboxylic acids is 3. The monoisotopic (exact) mass is 892 g/mol. The van der Waals surface area contributed by atoms with Crippen molar-refractivity contribution in [3.8, 4) is 10.4 Å². The summed E-state index contributed by atoms with van der Waals surface area (Å²) in [6.07, 6.45) is -0.748. The summed E-state index contributed by atoms with van der Waals surface area (Å²) < 4.78 is 33.2. The summed E-state index contributed by atoms with van der Waals surface area (Å²) in [6.45, 7) is 17.6. The van der Waals surface area contributed by atoms with Crippen LogP contribution >= 0.6 is 36.2 Å². The molecule has 3 heterocycles. The SMILES string of the molecule is Cc1ncsc1-c1ccc(CNC(=O)[C@@H]2C[C@@H](O)CN2C(=O)[C@@H](NC(=O)COCCOCCOCCOCCOCCOCCN2CCNCC2)C(C)(C)C)cc1.Cl.Cl. The van der Waals surface area contributed by atoms with Gasteiger partial charge in [0.15, 0.2) is 0 Å². The van der Waals surface area contributed by atoms with Gasteiger partial charge in [-0.25, -0.2) is 4.98 Å². The highest BCUT2D eigenvalue weighted by molar-refractivity contribution is 7.13.